The molecule has 0 bridgehead atoms. The van der Waals surface area contributed by atoms with Gasteiger partial charge in [-0.15, -0.1) is 0 Å². The Labute approximate surface area is 323 Å². The summed E-state index contributed by atoms with van der Waals surface area (Å²) in [6.07, 6.45) is 0.318. The average molecular weight is 735 g/mol. The van der Waals surface area contributed by atoms with Crippen LogP contribution in [0.2, 0.25) is 0 Å². The molecule has 0 saturated carbocycles. The number of aryl methyl sites for hydroxylation is 4. The zero-order chi connectivity index (χ0) is 39.2. The lowest BCUT2D eigenvalue weighted by atomic mass is 9.66. The van der Waals surface area contributed by atoms with Crippen LogP contribution in [0.5, 0.6) is 23.0 Å². The van der Waals surface area contributed by atoms with Crippen LogP contribution in [0.25, 0.3) is 0 Å². The second-order valence-electron chi connectivity index (χ2n) is 17.1. The molecule has 2 unspecified atom stereocenters. The molecule has 2 fully saturated rings. The Bertz CT molecular complexity index is 1840. The van der Waals surface area contributed by atoms with Gasteiger partial charge in [0.05, 0.1) is 13.2 Å². The van der Waals surface area contributed by atoms with E-state index in [-0.39, 0.29) is 47.7 Å². The van der Waals surface area contributed by atoms with Gasteiger partial charge in [0, 0.05) is 11.8 Å². The Morgan fingerprint density at radius 3 is 1.02 bits per heavy atom. The van der Waals surface area contributed by atoms with E-state index < -0.39 is 0 Å². The maximum Gasteiger partial charge on any atom is 0.122 e. The molecular weight excluding hydrogens is 673 g/mol. The van der Waals surface area contributed by atoms with Crippen molar-refractivity contribution >= 4 is 0 Å². The first-order valence-electron chi connectivity index (χ1n) is 20.0. The monoisotopic (exact) mass is 734 g/mol. The highest BCUT2D eigenvalue weighted by Crippen LogP contribution is 2.53. The molecule has 0 aromatic heterocycles. The molecule has 6 nitrogen and oxygen atoms in total. The number of rotatable bonds is 15. The Kier molecular flexibility index (Phi) is 11.8. The van der Waals surface area contributed by atoms with Crippen LogP contribution in [-0.2, 0) is 9.47 Å². The highest BCUT2D eigenvalue weighted by atomic mass is 16.6. The van der Waals surface area contributed by atoms with Crippen molar-refractivity contribution in [2.24, 2.45) is 0 Å². The van der Waals surface area contributed by atoms with Crippen molar-refractivity contribution in [1.82, 2.24) is 0 Å². The molecular formula is C48H62O6. The Balaban J connectivity index is 1.74. The van der Waals surface area contributed by atoms with Gasteiger partial charge >= 0.3 is 0 Å². The van der Waals surface area contributed by atoms with Gasteiger partial charge in [0.25, 0.3) is 0 Å². The zero-order valence-electron chi connectivity index (χ0n) is 34.6. The molecule has 6 heteroatoms. The molecule has 290 valence electrons. The van der Waals surface area contributed by atoms with Crippen molar-refractivity contribution in [2.75, 3.05) is 26.4 Å². The summed E-state index contributed by atoms with van der Waals surface area (Å²) in [5, 5.41) is 22.4. The molecule has 0 aliphatic carbocycles. The minimum absolute atomic E-state index is 0.147. The maximum absolute atomic E-state index is 11.2. The van der Waals surface area contributed by atoms with Crippen LogP contribution >= 0.6 is 0 Å². The second kappa shape index (κ2) is 16.0. The molecule has 2 N–H and O–H groups in total. The molecule has 0 amide bonds. The van der Waals surface area contributed by atoms with Gasteiger partial charge in [-0.25, -0.2) is 0 Å². The third kappa shape index (κ3) is 8.45. The predicted octanol–water partition coefficient (Wildman–Crippen LogP) is 11.3. The Morgan fingerprint density at radius 2 is 0.741 bits per heavy atom. The van der Waals surface area contributed by atoms with Gasteiger partial charge in [0.1, 0.15) is 48.4 Å². The number of phenolic OH excluding ortho intramolecular Hbond substituents is 2. The van der Waals surface area contributed by atoms with Gasteiger partial charge in [-0.3, -0.25) is 0 Å². The zero-order valence-corrected chi connectivity index (χ0v) is 34.6. The van der Waals surface area contributed by atoms with E-state index in [1.807, 2.05) is 26.0 Å². The molecule has 2 atom stereocenters. The van der Waals surface area contributed by atoms with Gasteiger partial charge in [-0.1, -0.05) is 79.7 Å². The van der Waals surface area contributed by atoms with Crippen LogP contribution in [0, 0.1) is 27.7 Å². The van der Waals surface area contributed by atoms with Crippen molar-refractivity contribution in [3.8, 4) is 23.0 Å². The summed E-state index contributed by atoms with van der Waals surface area (Å²) < 4.78 is 23.9. The fraction of sp³-hybridized carbons (Fsp3) is 0.500. The molecule has 0 radical (unpaired) electrons. The fourth-order valence-corrected chi connectivity index (χ4v) is 8.06. The van der Waals surface area contributed by atoms with Crippen molar-refractivity contribution in [3.05, 3.63) is 115 Å². The smallest absolute Gasteiger partial charge is 0.122 e. The minimum atomic E-state index is -0.175. The second-order valence-corrected chi connectivity index (χ2v) is 17.1. The minimum Gasteiger partial charge on any atom is -0.508 e. The topological polar surface area (TPSA) is 84.0 Å². The summed E-state index contributed by atoms with van der Waals surface area (Å²) in [5.74, 6) is 2.77. The Hall–Kier alpha value is -4.00. The summed E-state index contributed by atoms with van der Waals surface area (Å²) in [6, 6.07) is 17.7. The lowest BCUT2D eigenvalue weighted by molar-refractivity contribution is 0.261. The molecule has 54 heavy (non-hydrogen) atoms. The van der Waals surface area contributed by atoms with Gasteiger partial charge in [0.2, 0.25) is 0 Å². The molecule has 4 aromatic carbocycles. The first-order valence-corrected chi connectivity index (χ1v) is 20.0. The third-order valence-electron chi connectivity index (χ3n) is 11.4. The van der Waals surface area contributed by atoms with Crippen LogP contribution in [0.15, 0.2) is 48.5 Å². The quantitative estimate of drug-likeness (QED) is 0.118. The Morgan fingerprint density at radius 1 is 0.463 bits per heavy atom. The standard InChI is InChI=1S/C48H62O6/c1-25(2)35-17-43(49)29(9)13-39(35)47(40-14-30(10)44(50)18-36(40)26(3)4)48(41-15-31(11)45(19-37(41)27(5)6)53-23-33-21-51-33)42-16-32(12)46(20-38(42)28(7)8)54-24-34-22-52-34/h13-20,25-28,33-34,47-50H,21-24H2,1-12H3. The van der Waals surface area contributed by atoms with E-state index in [1.54, 1.807) is 0 Å². The number of ether oxygens (including phenoxy) is 4. The highest BCUT2D eigenvalue weighted by molar-refractivity contribution is 5.60. The predicted molar refractivity (Wildman–Crippen MR) is 219 cm³/mol. The van der Waals surface area contributed by atoms with Crippen LogP contribution in [-0.4, -0.2) is 48.8 Å². The molecule has 2 saturated heterocycles. The van der Waals surface area contributed by atoms with Crippen LogP contribution in [0.1, 0.15) is 158 Å². The fourth-order valence-electron chi connectivity index (χ4n) is 8.06. The van der Waals surface area contributed by atoms with Gasteiger partial charge in [-0.05, 0) is 142 Å². The van der Waals surface area contributed by atoms with Crippen molar-refractivity contribution in [1.29, 1.82) is 0 Å². The summed E-state index contributed by atoms with van der Waals surface area (Å²) in [4.78, 5) is 0. The van der Waals surface area contributed by atoms with Crippen molar-refractivity contribution in [2.45, 2.75) is 131 Å². The largest absolute Gasteiger partial charge is 0.508 e. The van der Waals surface area contributed by atoms with E-state index in [4.69, 9.17) is 18.9 Å². The van der Waals surface area contributed by atoms with Crippen molar-refractivity contribution < 1.29 is 29.2 Å². The number of benzene rings is 4. The van der Waals surface area contributed by atoms with Crippen LogP contribution in [0.4, 0.5) is 0 Å². The van der Waals surface area contributed by atoms with Crippen LogP contribution < -0.4 is 9.47 Å². The molecule has 6 rings (SSSR count). The van der Waals surface area contributed by atoms with E-state index in [2.05, 4.69) is 106 Å². The number of hydrogen-bond donors (Lipinski definition) is 2. The molecule has 2 aliphatic heterocycles. The normalized spacial score (nSPS) is 17.3. The maximum atomic E-state index is 11.2. The SMILES string of the molecule is Cc1cc(C(c2cc(C)c(O)cc2C(C)C)C(c2cc(C)c(OCC3CO3)cc2C(C)C)c2cc(C)c(OCC3CO3)cc2C(C)C)c(C(C)C)cc1O. The highest BCUT2D eigenvalue weighted by Gasteiger charge is 2.37. The van der Waals surface area contributed by atoms with E-state index in [0.29, 0.717) is 24.7 Å². The molecule has 4 aromatic rings. The molecule has 0 spiro atoms. The molecule has 2 aliphatic rings. The number of aromatic hydroxyl groups is 2. The summed E-state index contributed by atoms with van der Waals surface area (Å²) >= 11 is 0. The number of epoxide rings is 2. The van der Waals surface area contributed by atoms with Gasteiger partial charge in [0.15, 0.2) is 0 Å². The average Bonchev–Trinajstić information content (AvgIpc) is 4.04. The van der Waals surface area contributed by atoms with E-state index in [0.717, 1.165) is 58.1 Å². The van der Waals surface area contributed by atoms with E-state index in [9.17, 15) is 10.2 Å². The number of phenols is 2. The van der Waals surface area contributed by atoms with Crippen molar-refractivity contribution in [3.63, 3.8) is 0 Å². The van der Waals surface area contributed by atoms with E-state index in [1.165, 1.54) is 33.4 Å². The summed E-state index contributed by atoms with van der Waals surface area (Å²) in [6.45, 7) is 28.8. The van der Waals surface area contributed by atoms with Crippen LogP contribution in [0.3, 0.4) is 0 Å². The lowest BCUT2D eigenvalue weighted by Crippen LogP contribution is -2.22. The van der Waals surface area contributed by atoms with E-state index >= 15 is 0 Å². The van der Waals surface area contributed by atoms with Gasteiger partial charge in [-0.2, -0.15) is 0 Å². The number of hydrogen-bond acceptors (Lipinski definition) is 6. The summed E-state index contributed by atoms with van der Waals surface area (Å²) in [7, 11) is 0. The first kappa shape index (κ1) is 39.7. The first-order chi connectivity index (χ1) is 25.5. The summed E-state index contributed by atoms with van der Waals surface area (Å²) in [5.41, 5.74) is 13.5. The third-order valence-corrected chi connectivity index (χ3v) is 11.4. The van der Waals surface area contributed by atoms with Gasteiger partial charge < -0.3 is 29.2 Å². The molecule has 2 heterocycles. The lowest BCUT2D eigenvalue weighted by Gasteiger charge is -2.37.